The molecule has 0 bridgehead atoms. The van der Waals surface area contributed by atoms with Crippen LogP contribution in [0.15, 0.2) is 54.0 Å². The van der Waals surface area contributed by atoms with Gasteiger partial charge in [-0.15, -0.1) is 11.3 Å². The molecule has 0 saturated heterocycles. The zero-order valence-corrected chi connectivity index (χ0v) is 21.6. The Kier molecular flexibility index (Phi) is 7.98. The normalized spacial score (nSPS) is 11.7. The van der Waals surface area contributed by atoms with Crippen LogP contribution < -0.4 is 16.0 Å². The van der Waals surface area contributed by atoms with Crippen LogP contribution in [0.1, 0.15) is 38.1 Å². The van der Waals surface area contributed by atoms with E-state index in [0.717, 1.165) is 16.3 Å². The summed E-state index contributed by atoms with van der Waals surface area (Å²) in [5.74, 6) is 0.473. The van der Waals surface area contributed by atoms with Crippen molar-refractivity contribution in [1.29, 1.82) is 0 Å². The summed E-state index contributed by atoms with van der Waals surface area (Å²) in [6, 6.07) is 13.2. The van der Waals surface area contributed by atoms with Crippen LogP contribution in [0, 0.1) is 0 Å². The molecule has 3 aromatic rings. The summed E-state index contributed by atoms with van der Waals surface area (Å²) in [7, 11) is -0.339. The van der Waals surface area contributed by atoms with Crippen LogP contribution in [0.5, 0.6) is 0 Å². The zero-order chi connectivity index (χ0) is 24.2. The third-order valence-corrected chi connectivity index (χ3v) is 11.4. The second-order valence-corrected chi connectivity index (χ2v) is 14.0. The average Bonchev–Trinajstić information content (AvgIpc) is 3.33. The Balaban J connectivity index is 1.67. The van der Waals surface area contributed by atoms with E-state index in [1.807, 2.05) is 75.4 Å². The summed E-state index contributed by atoms with van der Waals surface area (Å²) in [4.78, 5) is 20.4. The Hall–Kier alpha value is -2.63. The number of benzene rings is 1. The van der Waals surface area contributed by atoms with Gasteiger partial charge in [0, 0.05) is 42.1 Å². The van der Waals surface area contributed by atoms with Crippen molar-refractivity contribution in [2.45, 2.75) is 39.0 Å². The largest absolute Gasteiger partial charge is 0.397 e. The molecular formula is C25H33N4O2PS. The number of pyridine rings is 1. The Labute approximate surface area is 200 Å². The van der Waals surface area contributed by atoms with Crippen molar-refractivity contribution in [3.8, 4) is 10.4 Å². The number of nitrogens with two attached hydrogens (primary N) is 1. The number of nitrogens with one attached hydrogen (secondary N) is 1. The molecule has 3 rings (SSSR count). The van der Waals surface area contributed by atoms with Crippen LogP contribution in [0.4, 0.5) is 17.2 Å². The lowest BCUT2D eigenvalue weighted by atomic mass is 10.1. The number of thiophene rings is 1. The molecule has 1 aromatic carbocycles. The highest BCUT2D eigenvalue weighted by Crippen LogP contribution is 2.54. The van der Waals surface area contributed by atoms with Gasteiger partial charge in [0.25, 0.3) is 5.91 Å². The highest BCUT2D eigenvalue weighted by molar-refractivity contribution is 7.65. The third-order valence-electron chi connectivity index (χ3n) is 6.04. The molecule has 0 saturated carbocycles. The van der Waals surface area contributed by atoms with Crippen molar-refractivity contribution in [1.82, 2.24) is 4.98 Å². The van der Waals surface area contributed by atoms with E-state index in [4.69, 9.17) is 5.73 Å². The van der Waals surface area contributed by atoms with Crippen molar-refractivity contribution in [2.75, 3.05) is 35.7 Å². The van der Waals surface area contributed by atoms with Crippen LogP contribution in [-0.4, -0.2) is 42.0 Å². The van der Waals surface area contributed by atoms with Crippen molar-refractivity contribution in [3.05, 3.63) is 59.6 Å². The number of nitrogens with zero attached hydrogens (tertiary/aromatic N) is 2. The van der Waals surface area contributed by atoms with Gasteiger partial charge in [0.2, 0.25) is 0 Å². The maximum absolute atomic E-state index is 13.3. The summed E-state index contributed by atoms with van der Waals surface area (Å²) in [5.41, 5.74) is 8.95. The minimum Gasteiger partial charge on any atom is -0.397 e. The maximum Gasteiger partial charge on any atom is 0.257 e. The second-order valence-electron chi connectivity index (χ2n) is 8.83. The summed E-state index contributed by atoms with van der Waals surface area (Å²) < 4.78 is 13.3. The number of nitrogen functional groups attached to an aromatic ring is 1. The van der Waals surface area contributed by atoms with Crippen LogP contribution in [0.3, 0.4) is 0 Å². The molecule has 33 heavy (non-hydrogen) atoms. The molecule has 6 nitrogen and oxygen atoms in total. The molecule has 0 fully saturated rings. The molecular weight excluding hydrogens is 451 g/mol. The van der Waals surface area contributed by atoms with Gasteiger partial charge in [-0.2, -0.15) is 0 Å². The van der Waals surface area contributed by atoms with Gasteiger partial charge in [-0.25, -0.2) is 4.98 Å². The molecule has 0 aliphatic rings. The number of carbonyl (C=O) groups is 1. The van der Waals surface area contributed by atoms with Crippen molar-refractivity contribution < 1.29 is 9.36 Å². The van der Waals surface area contributed by atoms with Crippen molar-refractivity contribution >= 4 is 41.6 Å². The van der Waals surface area contributed by atoms with Gasteiger partial charge in [-0.3, -0.25) is 4.79 Å². The van der Waals surface area contributed by atoms with E-state index in [2.05, 4.69) is 10.3 Å². The minimum absolute atomic E-state index is 0.163. The summed E-state index contributed by atoms with van der Waals surface area (Å²) in [6.45, 7) is 8.80. The second kappa shape index (κ2) is 10.5. The van der Waals surface area contributed by atoms with Gasteiger partial charge in [-0.05, 0) is 41.3 Å². The molecule has 2 heterocycles. The first-order valence-electron chi connectivity index (χ1n) is 11.1. The van der Waals surface area contributed by atoms with Crippen LogP contribution in [0.2, 0.25) is 0 Å². The molecule has 8 heteroatoms. The lowest BCUT2D eigenvalue weighted by molar-refractivity contribution is 0.102. The van der Waals surface area contributed by atoms with E-state index in [0.29, 0.717) is 29.6 Å². The van der Waals surface area contributed by atoms with E-state index in [1.54, 1.807) is 29.7 Å². The molecule has 0 radical (unpaired) electrons. The lowest BCUT2D eigenvalue weighted by Crippen LogP contribution is -2.25. The summed E-state index contributed by atoms with van der Waals surface area (Å²) in [6.07, 6.45) is 2.20. The predicted octanol–water partition coefficient (Wildman–Crippen LogP) is 6.26. The maximum atomic E-state index is 13.3. The van der Waals surface area contributed by atoms with E-state index in [1.165, 1.54) is 0 Å². The number of anilines is 3. The first kappa shape index (κ1) is 25.0. The molecule has 3 N–H and O–H groups in total. The average molecular weight is 485 g/mol. The Bertz CT molecular complexity index is 1120. The molecule has 0 aliphatic heterocycles. The fourth-order valence-corrected chi connectivity index (χ4v) is 7.30. The fraction of sp³-hybridized carbons (Fsp3) is 0.360. The van der Waals surface area contributed by atoms with Crippen LogP contribution in [-0.2, 0) is 4.57 Å². The third kappa shape index (κ3) is 5.84. The number of carbonyl (C=O) groups excluding carboxylic acids is 1. The van der Waals surface area contributed by atoms with Crippen molar-refractivity contribution in [2.24, 2.45) is 0 Å². The van der Waals surface area contributed by atoms with Crippen LogP contribution >= 0.6 is 18.5 Å². The molecule has 1 amide bonds. The summed E-state index contributed by atoms with van der Waals surface area (Å²) >= 11 is 1.63. The SMILES string of the molecule is CC(C)P(=O)(CCN(C)c1ccc(C(=O)Nc2cc(-c3cccs3)ccc2N)cn1)C(C)C. The monoisotopic (exact) mass is 484 g/mol. The first-order valence-corrected chi connectivity index (χ1v) is 14.0. The topological polar surface area (TPSA) is 88.3 Å². The Morgan fingerprint density at radius 1 is 1.15 bits per heavy atom. The highest BCUT2D eigenvalue weighted by atomic mass is 32.1. The Morgan fingerprint density at radius 3 is 2.45 bits per heavy atom. The zero-order valence-electron chi connectivity index (χ0n) is 19.9. The first-order chi connectivity index (χ1) is 15.6. The quantitative estimate of drug-likeness (QED) is 0.276. The van der Waals surface area contributed by atoms with Gasteiger partial charge in [0.15, 0.2) is 0 Å². The number of hydrogen-bond donors (Lipinski definition) is 2. The van der Waals surface area contributed by atoms with Gasteiger partial charge in [-0.1, -0.05) is 39.8 Å². The molecule has 0 aliphatic carbocycles. The van der Waals surface area contributed by atoms with Gasteiger partial charge in [0.05, 0.1) is 24.1 Å². The summed E-state index contributed by atoms with van der Waals surface area (Å²) in [5, 5.41) is 4.91. The van der Waals surface area contributed by atoms with Gasteiger partial charge in [0.1, 0.15) is 5.82 Å². The van der Waals surface area contributed by atoms with E-state index >= 15 is 0 Å². The van der Waals surface area contributed by atoms with E-state index < -0.39 is 7.14 Å². The molecule has 176 valence electrons. The molecule has 2 aromatic heterocycles. The molecule has 0 unspecified atom stereocenters. The number of rotatable bonds is 9. The van der Waals surface area contributed by atoms with E-state index in [-0.39, 0.29) is 17.2 Å². The number of hydrogen-bond acceptors (Lipinski definition) is 6. The number of aromatic nitrogens is 1. The minimum atomic E-state index is -2.27. The standard InChI is InChI=1S/C25H33N4O2PS/c1-17(2)32(31,18(3)4)13-12-29(5)24-11-9-20(16-27-24)25(30)28-22-15-19(8-10-21(22)26)23-7-6-14-33-23/h6-11,14-18H,12-13,26H2,1-5H3,(H,28,30). The van der Waals surface area contributed by atoms with Gasteiger partial charge < -0.3 is 20.5 Å². The van der Waals surface area contributed by atoms with Gasteiger partial charge >= 0.3 is 0 Å². The molecule has 0 spiro atoms. The molecule has 0 atom stereocenters. The highest BCUT2D eigenvalue weighted by Gasteiger charge is 2.30. The Morgan fingerprint density at radius 2 is 1.88 bits per heavy atom. The van der Waals surface area contributed by atoms with Crippen molar-refractivity contribution in [3.63, 3.8) is 0 Å². The predicted molar refractivity (Wildman–Crippen MR) is 142 cm³/mol. The lowest BCUT2D eigenvalue weighted by Gasteiger charge is -2.28. The fourth-order valence-electron chi connectivity index (χ4n) is 3.73. The van der Waals surface area contributed by atoms with E-state index in [9.17, 15) is 9.36 Å². The smallest absolute Gasteiger partial charge is 0.257 e. The van der Waals surface area contributed by atoms with Crippen LogP contribution in [0.25, 0.3) is 10.4 Å². The number of amides is 1.